The van der Waals surface area contributed by atoms with E-state index in [1.807, 2.05) is 0 Å². The lowest BCUT2D eigenvalue weighted by atomic mass is 10.3. The lowest BCUT2D eigenvalue weighted by Gasteiger charge is -1.99. The van der Waals surface area contributed by atoms with E-state index in [0.29, 0.717) is 5.13 Å². The molecular formula is C7H8N3O3S. The summed E-state index contributed by atoms with van der Waals surface area (Å²) in [5.74, 6) is -0.704. The zero-order valence-electron chi connectivity index (χ0n) is 7.44. The molecule has 75 valence electrons. The zero-order chi connectivity index (χ0) is 10.4. The number of rotatable bonds is 4. The van der Waals surface area contributed by atoms with Crippen molar-refractivity contribution < 1.29 is 14.3 Å². The van der Waals surface area contributed by atoms with Gasteiger partial charge in [-0.3, -0.25) is 9.59 Å². The third-order valence-electron chi connectivity index (χ3n) is 1.35. The molecule has 7 heteroatoms. The Hall–Kier alpha value is -1.50. The van der Waals surface area contributed by atoms with Crippen molar-refractivity contribution in [3.63, 3.8) is 0 Å². The number of amides is 1. The third-order valence-corrected chi connectivity index (χ3v) is 1.90. The van der Waals surface area contributed by atoms with Crippen molar-refractivity contribution in [2.45, 2.75) is 12.8 Å². The first-order valence-corrected chi connectivity index (χ1v) is 4.60. The average molecular weight is 214 g/mol. The third kappa shape index (κ3) is 3.48. The second-order valence-corrected chi connectivity index (χ2v) is 3.10. The predicted octanol–water partition coefficient (Wildman–Crippen LogP) is 0.230. The van der Waals surface area contributed by atoms with Crippen LogP contribution >= 0.6 is 11.3 Å². The van der Waals surface area contributed by atoms with E-state index < -0.39 is 5.97 Å². The van der Waals surface area contributed by atoms with Gasteiger partial charge >= 0.3 is 5.97 Å². The molecule has 1 aromatic rings. The minimum Gasteiger partial charge on any atom is -0.469 e. The highest BCUT2D eigenvalue weighted by atomic mass is 32.1. The molecule has 0 saturated heterocycles. The Labute approximate surface area is 84.3 Å². The van der Waals surface area contributed by atoms with Crippen LogP contribution in [0.5, 0.6) is 0 Å². The molecule has 1 rings (SSSR count). The second-order valence-electron chi connectivity index (χ2n) is 2.32. The van der Waals surface area contributed by atoms with Crippen molar-refractivity contribution in [2.24, 2.45) is 0 Å². The van der Waals surface area contributed by atoms with Crippen molar-refractivity contribution in [3.05, 3.63) is 5.51 Å². The fourth-order valence-electron chi connectivity index (χ4n) is 0.700. The molecule has 0 aliphatic rings. The average Bonchev–Trinajstić information content (AvgIpc) is 2.66. The predicted molar refractivity (Wildman–Crippen MR) is 48.6 cm³/mol. The van der Waals surface area contributed by atoms with Crippen LogP contribution in [0.4, 0.5) is 5.13 Å². The van der Waals surface area contributed by atoms with E-state index in [1.165, 1.54) is 7.11 Å². The van der Waals surface area contributed by atoms with Gasteiger partial charge < -0.3 is 10.1 Å². The molecule has 14 heavy (non-hydrogen) atoms. The number of esters is 1. The number of aromatic nitrogens is 2. The van der Waals surface area contributed by atoms with Gasteiger partial charge in [-0.2, -0.15) is 0 Å². The van der Waals surface area contributed by atoms with E-state index >= 15 is 0 Å². The highest BCUT2D eigenvalue weighted by molar-refractivity contribution is 7.13. The van der Waals surface area contributed by atoms with E-state index in [1.54, 1.807) is 0 Å². The van der Waals surface area contributed by atoms with Crippen molar-refractivity contribution in [1.82, 2.24) is 10.2 Å². The molecule has 0 atom stereocenters. The maximum Gasteiger partial charge on any atom is 0.306 e. The Kier molecular flexibility index (Phi) is 3.99. The SMILES string of the molecule is COC(=O)CCC(=O)Nc1nn[c]s1. The fraction of sp³-hybridized carbons (Fsp3) is 0.429. The molecule has 0 aliphatic heterocycles. The normalized spacial score (nSPS) is 9.50. The van der Waals surface area contributed by atoms with Gasteiger partial charge in [-0.1, -0.05) is 11.3 Å². The number of nitrogens with one attached hydrogen (secondary N) is 1. The van der Waals surface area contributed by atoms with Crippen LogP contribution in [-0.2, 0) is 14.3 Å². The largest absolute Gasteiger partial charge is 0.469 e. The second kappa shape index (κ2) is 5.28. The van der Waals surface area contributed by atoms with Crippen molar-refractivity contribution >= 4 is 28.3 Å². The van der Waals surface area contributed by atoms with Crippen LogP contribution in [-0.4, -0.2) is 29.2 Å². The molecule has 1 heterocycles. The summed E-state index contributed by atoms with van der Waals surface area (Å²) in [4.78, 5) is 21.8. The van der Waals surface area contributed by atoms with Crippen molar-refractivity contribution in [3.8, 4) is 0 Å². The zero-order valence-corrected chi connectivity index (χ0v) is 8.26. The first kappa shape index (κ1) is 10.6. The summed E-state index contributed by atoms with van der Waals surface area (Å²) >= 11 is 1.10. The lowest BCUT2D eigenvalue weighted by Crippen LogP contribution is -2.13. The fourth-order valence-corrected chi connectivity index (χ4v) is 1.11. The van der Waals surface area contributed by atoms with Gasteiger partial charge in [0.1, 0.15) is 0 Å². The number of anilines is 1. The van der Waals surface area contributed by atoms with E-state index in [0.717, 1.165) is 11.3 Å². The molecule has 1 N–H and O–H groups in total. The molecule has 0 fully saturated rings. The summed E-state index contributed by atoms with van der Waals surface area (Å²) in [5.41, 5.74) is 2.49. The van der Waals surface area contributed by atoms with Gasteiger partial charge in [-0.15, -0.1) is 10.2 Å². The van der Waals surface area contributed by atoms with Crippen LogP contribution in [0.3, 0.4) is 0 Å². The molecule has 6 nitrogen and oxygen atoms in total. The monoisotopic (exact) mass is 214 g/mol. The van der Waals surface area contributed by atoms with Gasteiger partial charge in [0.25, 0.3) is 0 Å². The molecule has 1 aromatic heterocycles. The Morgan fingerprint density at radius 2 is 2.36 bits per heavy atom. The van der Waals surface area contributed by atoms with Crippen LogP contribution < -0.4 is 5.32 Å². The first-order valence-electron chi connectivity index (χ1n) is 3.78. The molecule has 1 amide bonds. The molecular weight excluding hydrogens is 206 g/mol. The quantitative estimate of drug-likeness (QED) is 0.725. The summed E-state index contributed by atoms with van der Waals surface area (Å²) < 4.78 is 4.39. The molecule has 0 aromatic carbocycles. The van der Waals surface area contributed by atoms with Crippen molar-refractivity contribution in [1.29, 1.82) is 0 Å². The van der Waals surface area contributed by atoms with Crippen LogP contribution in [0.25, 0.3) is 0 Å². The maximum atomic E-state index is 11.1. The molecule has 0 unspecified atom stereocenters. The van der Waals surface area contributed by atoms with Crippen LogP contribution in [0.1, 0.15) is 12.8 Å². The summed E-state index contributed by atoms with van der Waals surface area (Å²) in [6, 6.07) is 0. The van der Waals surface area contributed by atoms with Gasteiger partial charge in [0.15, 0.2) is 5.51 Å². The summed E-state index contributed by atoms with van der Waals surface area (Å²) in [5, 5.41) is 9.84. The number of methoxy groups -OCH3 is 1. The van der Waals surface area contributed by atoms with Gasteiger partial charge in [0.2, 0.25) is 11.0 Å². The highest BCUT2D eigenvalue weighted by Crippen LogP contribution is 2.07. The molecule has 0 saturated carbocycles. The number of nitrogens with zero attached hydrogens (tertiary/aromatic N) is 2. The van der Waals surface area contributed by atoms with E-state index in [-0.39, 0.29) is 18.7 Å². The molecule has 0 spiro atoms. The van der Waals surface area contributed by atoms with Crippen LogP contribution in [0.2, 0.25) is 0 Å². The summed E-state index contributed by atoms with van der Waals surface area (Å²) in [7, 11) is 1.28. The van der Waals surface area contributed by atoms with Gasteiger partial charge in [-0.25, -0.2) is 0 Å². The topological polar surface area (TPSA) is 81.2 Å². The smallest absolute Gasteiger partial charge is 0.306 e. The molecule has 0 aliphatic carbocycles. The first-order chi connectivity index (χ1) is 6.72. The van der Waals surface area contributed by atoms with Gasteiger partial charge in [0.05, 0.1) is 13.5 Å². The number of carbonyl (C=O) groups excluding carboxylic acids is 2. The number of ether oxygens (including phenoxy) is 1. The number of hydrogen-bond donors (Lipinski definition) is 1. The van der Waals surface area contributed by atoms with E-state index in [2.05, 4.69) is 25.8 Å². The minimum atomic E-state index is -0.413. The molecule has 1 radical (unpaired) electrons. The van der Waals surface area contributed by atoms with Crippen LogP contribution in [0, 0.1) is 5.51 Å². The summed E-state index contributed by atoms with van der Waals surface area (Å²) in [6.07, 6.45) is 0.136. The molecule has 0 bridgehead atoms. The Morgan fingerprint density at radius 1 is 1.57 bits per heavy atom. The van der Waals surface area contributed by atoms with Gasteiger partial charge in [0, 0.05) is 6.42 Å². The minimum absolute atomic E-state index is 0.0604. The Bertz CT molecular complexity index is 312. The number of carbonyl (C=O) groups is 2. The Morgan fingerprint density at radius 3 is 2.93 bits per heavy atom. The standard InChI is InChI=1S/C7H8N3O3S/c1-13-6(12)3-2-5(11)9-7-10-8-4-14-7/h2-3H2,1H3,(H,9,10,11). The summed E-state index contributed by atoms with van der Waals surface area (Å²) in [6.45, 7) is 0. The van der Waals surface area contributed by atoms with Gasteiger partial charge in [-0.05, 0) is 0 Å². The lowest BCUT2D eigenvalue weighted by molar-refractivity contribution is -0.141. The maximum absolute atomic E-state index is 11.1. The highest BCUT2D eigenvalue weighted by Gasteiger charge is 2.08. The van der Waals surface area contributed by atoms with Crippen LogP contribution in [0.15, 0.2) is 0 Å². The van der Waals surface area contributed by atoms with E-state index in [9.17, 15) is 9.59 Å². The Balaban J connectivity index is 2.26. The number of hydrogen-bond acceptors (Lipinski definition) is 6. The van der Waals surface area contributed by atoms with E-state index in [4.69, 9.17) is 0 Å². The van der Waals surface area contributed by atoms with Crippen molar-refractivity contribution in [2.75, 3.05) is 12.4 Å².